The van der Waals surface area contributed by atoms with E-state index in [-0.39, 0.29) is 11.5 Å². The van der Waals surface area contributed by atoms with E-state index in [1.54, 1.807) is 36.4 Å². The number of carbonyl (C=O) groups is 1. The summed E-state index contributed by atoms with van der Waals surface area (Å²) in [5, 5.41) is 9.82. The van der Waals surface area contributed by atoms with Crippen LogP contribution >= 0.6 is 22.9 Å². The van der Waals surface area contributed by atoms with E-state index < -0.39 is 0 Å². The van der Waals surface area contributed by atoms with Crippen LogP contribution in [0.15, 0.2) is 52.0 Å². The van der Waals surface area contributed by atoms with Crippen LogP contribution in [0, 0.1) is 0 Å². The second-order valence-electron chi connectivity index (χ2n) is 3.70. The molecule has 1 aromatic heterocycles. The Morgan fingerprint density at radius 1 is 1.30 bits per heavy atom. The van der Waals surface area contributed by atoms with Gasteiger partial charge in [0.1, 0.15) is 0 Å². The predicted molar refractivity (Wildman–Crippen MR) is 83.8 cm³/mol. The predicted octanol–water partition coefficient (Wildman–Crippen LogP) is 3.00. The van der Waals surface area contributed by atoms with Gasteiger partial charge in [-0.05, 0) is 35.7 Å². The van der Waals surface area contributed by atoms with E-state index in [4.69, 9.17) is 17.4 Å². The molecule has 0 fully saturated rings. The number of benzene rings is 1. The summed E-state index contributed by atoms with van der Waals surface area (Å²) in [7, 11) is 0. The highest BCUT2D eigenvalue weighted by Gasteiger charge is 2.13. The van der Waals surface area contributed by atoms with E-state index in [1.165, 1.54) is 17.6 Å². The lowest BCUT2D eigenvalue weighted by Crippen LogP contribution is -2.17. The molecule has 0 saturated heterocycles. The Bertz CT molecular complexity index is 635. The van der Waals surface area contributed by atoms with Crippen molar-refractivity contribution in [1.29, 1.82) is 0 Å². The van der Waals surface area contributed by atoms with E-state index >= 15 is 0 Å². The third kappa shape index (κ3) is 3.66. The molecule has 2 rings (SSSR count). The zero-order chi connectivity index (χ0) is 14.4. The quantitative estimate of drug-likeness (QED) is 0.386. The summed E-state index contributed by atoms with van der Waals surface area (Å²) >= 11 is 7.12. The number of rotatable bonds is 5. The van der Waals surface area contributed by atoms with Crippen molar-refractivity contribution in [2.75, 3.05) is 5.43 Å². The molecule has 20 heavy (non-hydrogen) atoms. The standard InChI is InChI=1S/C13H11ClN4OS/c14-9-3-5-10(6-4-9)17-18-11(8-16-15)13(19)12-2-1-7-20-12/h1-8,17H,15H2. The average molecular weight is 307 g/mol. The number of hydrogen-bond acceptors (Lipinski definition) is 6. The van der Waals surface area contributed by atoms with Crippen LogP contribution in [-0.4, -0.2) is 17.7 Å². The molecule has 0 unspecified atom stereocenters. The average Bonchev–Trinajstić information content (AvgIpc) is 2.98. The third-order valence-electron chi connectivity index (χ3n) is 2.32. The minimum Gasteiger partial charge on any atom is -0.323 e. The molecule has 0 saturated carbocycles. The van der Waals surface area contributed by atoms with Crippen LogP contribution in [0.1, 0.15) is 9.67 Å². The molecule has 0 spiro atoms. The fourth-order valence-corrected chi connectivity index (χ4v) is 2.19. The van der Waals surface area contributed by atoms with Crippen LogP contribution in [0.25, 0.3) is 0 Å². The molecule has 5 nitrogen and oxygen atoms in total. The van der Waals surface area contributed by atoms with E-state index in [0.717, 1.165) is 0 Å². The molecule has 0 aliphatic carbocycles. The van der Waals surface area contributed by atoms with Gasteiger partial charge in [0.05, 0.1) is 16.8 Å². The van der Waals surface area contributed by atoms with Gasteiger partial charge < -0.3 is 5.84 Å². The molecule has 102 valence electrons. The zero-order valence-corrected chi connectivity index (χ0v) is 11.9. The zero-order valence-electron chi connectivity index (χ0n) is 10.3. The van der Waals surface area contributed by atoms with Crippen molar-refractivity contribution < 1.29 is 4.79 Å². The summed E-state index contributed by atoms with van der Waals surface area (Å²) in [6, 6.07) is 10.4. The number of hydrogen-bond donors (Lipinski definition) is 2. The fraction of sp³-hybridized carbons (Fsp3) is 0. The van der Waals surface area contributed by atoms with Gasteiger partial charge >= 0.3 is 0 Å². The summed E-state index contributed by atoms with van der Waals surface area (Å²) in [4.78, 5) is 12.7. The van der Waals surface area contributed by atoms with Crippen molar-refractivity contribution in [2.45, 2.75) is 0 Å². The van der Waals surface area contributed by atoms with Crippen LogP contribution < -0.4 is 11.3 Å². The van der Waals surface area contributed by atoms with Gasteiger partial charge in [-0.15, -0.1) is 11.3 Å². The van der Waals surface area contributed by atoms with Crippen molar-refractivity contribution >= 4 is 46.3 Å². The summed E-state index contributed by atoms with van der Waals surface area (Å²) in [5.41, 5.74) is 3.60. The Balaban J connectivity index is 2.18. The van der Waals surface area contributed by atoms with Crippen molar-refractivity contribution in [3.8, 4) is 0 Å². The van der Waals surface area contributed by atoms with Crippen molar-refractivity contribution in [1.82, 2.24) is 0 Å². The van der Waals surface area contributed by atoms with Crippen LogP contribution in [0.4, 0.5) is 5.69 Å². The number of carbonyl (C=O) groups excluding carboxylic acids is 1. The lowest BCUT2D eigenvalue weighted by molar-refractivity contribution is 0.107. The second kappa shape index (κ2) is 6.83. The number of hydrazone groups is 2. The van der Waals surface area contributed by atoms with Gasteiger partial charge in [0.25, 0.3) is 0 Å². The smallest absolute Gasteiger partial charge is 0.224 e. The SMILES string of the molecule is NN=CC(=NNc1ccc(Cl)cc1)C(=O)c1cccs1. The number of ketones is 1. The van der Waals surface area contributed by atoms with Gasteiger partial charge in [0.2, 0.25) is 5.78 Å². The monoisotopic (exact) mass is 306 g/mol. The molecule has 0 atom stereocenters. The first-order valence-corrected chi connectivity index (χ1v) is 6.87. The number of thiophene rings is 1. The van der Waals surface area contributed by atoms with Crippen LogP contribution in [0.3, 0.4) is 0 Å². The highest BCUT2D eigenvalue weighted by atomic mass is 35.5. The molecule has 0 aliphatic rings. The van der Waals surface area contributed by atoms with Crippen molar-refractivity contribution in [3.05, 3.63) is 51.7 Å². The summed E-state index contributed by atoms with van der Waals surface area (Å²) < 4.78 is 0. The molecular formula is C13H11ClN4OS. The van der Waals surface area contributed by atoms with Gasteiger partial charge in [-0.25, -0.2) is 0 Å². The van der Waals surface area contributed by atoms with Gasteiger partial charge in [-0.2, -0.15) is 10.2 Å². The third-order valence-corrected chi connectivity index (χ3v) is 3.44. The maximum atomic E-state index is 12.1. The molecular weight excluding hydrogens is 296 g/mol. The number of nitrogens with one attached hydrogen (secondary N) is 1. The highest BCUT2D eigenvalue weighted by Crippen LogP contribution is 2.14. The maximum Gasteiger partial charge on any atom is 0.224 e. The fourth-order valence-electron chi connectivity index (χ4n) is 1.39. The van der Waals surface area contributed by atoms with Crippen molar-refractivity contribution in [2.24, 2.45) is 16.0 Å². The first-order chi connectivity index (χ1) is 9.70. The second-order valence-corrected chi connectivity index (χ2v) is 5.08. The Morgan fingerprint density at radius 3 is 2.65 bits per heavy atom. The van der Waals surface area contributed by atoms with Gasteiger partial charge in [-0.3, -0.25) is 10.2 Å². The van der Waals surface area contributed by atoms with E-state index in [2.05, 4.69) is 15.6 Å². The summed E-state index contributed by atoms with van der Waals surface area (Å²) in [6.07, 6.45) is 1.21. The van der Waals surface area contributed by atoms with Crippen LogP contribution in [0.5, 0.6) is 0 Å². The first kappa shape index (κ1) is 14.2. The molecule has 1 heterocycles. The highest BCUT2D eigenvalue weighted by molar-refractivity contribution is 7.13. The van der Waals surface area contributed by atoms with E-state index in [0.29, 0.717) is 15.6 Å². The van der Waals surface area contributed by atoms with E-state index in [9.17, 15) is 4.79 Å². The lowest BCUT2D eigenvalue weighted by atomic mass is 10.2. The van der Waals surface area contributed by atoms with Crippen LogP contribution in [0.2, 0.25) is 5.02 Å². The number of nitrogens with two attached hydrogens (primary N) is 1. The summed E-state index contributed by atoms with van der Waals surface area (Å²) in [6.45, 7) is 0. The molecule has 7 heteroatoms. The minimum atomic E-state index is -0.240. The number of Topliss-reactive ketones (excluding diaryl/α,β-unsaturated/α-hetero) is 1. The maximum absolute atomic E-state index is 12.1. The van der Waals surface area contributed by atoms with E-state index in [1.807, 2.05) is 5.38 Å². The molecule has 1 aromatic carbocycles. The van der Waals surface area contributed by atoms with Gasteiger partial charge in [0, 0.05) is 5.02 Å². The topological polar surface area (TPSA) is 79.8 Å². The van der Waals surface area contributed by atoms with Crippen LogP contribution in [-0.2, 0) is 0 Å². The number of halogens is 1. The molecule has 0 radical (unpaired) electrons. The Morgan fingerprint density at radius 2 is 2.05 bits per heavy atom. The largest absolute Gasteiger partial charge is 0.323 e. The lowest BCUT2D eigenvalue weighted by Gasteiger charge is -2.02. The molecule has 0 amide bonds. The first-order valence-electron chi connectivity index (χ1n) is 5.61. The Hall–Kier alpha value is -2.18. The molecule has 0 bridgehead atoms. The molecule has 3 N–H and O–H groups in total. The van der Waals surface area contributed by atoms with Crippen molar-refractivity contribution in [3.63, 3.8) is 0 Å². The van der Waals surface area contributed by atoms with Gasteiger partial charge in [0.15, 0.2) is 5.71 Å². The normalized spacial score (nSPS) is 11.8. The Labute approximate surface area is 124 Å². The molecule has 2 aromatic rings. The molecule has 0 aliphatic heterocycles. The number of anilines is 1. The summed E-state index contributed by atoms with van der Waals surface area (Å²) in [5.74, 6) is 4.86. The Kier molecular flexibility index (Phi) is 4.86. The van der Waals surface area contributed by atoms with Gasteiger partial charge in [-0.1, -0.05) is 17.7 Å². The minimum absolute atomic E-state index is 0.130. The number of nitrogens with zero attached hydrogens (tertiary/aromatic N) is 2.